The third-order valence-electron chi connectivity index (χ3n) is 1.69. The minimum Gasteiger partial charge on any atom is -0.406 e. The molecule has 15 heavy (non-hydrogen) atoms. The maximum Gasteiger partial charge on any atom is 0.573 e. The van der Waals surface area contributed by atoms with Gasteiger partial charge in [0.05, 0.1) is 0 Å². The van der Waals surface area contributed by atoms with Gasteiger partial charge >= 0.3 is 6.36 Å². The van der Waals surface area contributed by atoms with Gasteiger partial charge in [0.2, 0.25) is 0 Å². The molecule has 0 radical (unpaired) electrons. The lowest BCUT2D eigenvalue weighted by Crippen LogP contribution is -2.17. The Hall–Kier alpha value is -0.940. The summed E-state index contributed by atoms with van der Waals surface area (Å²) in [6, 6.07) is 3.19. The van der Waals surface area contributed by atoms with E-state index in [4.69, 9.17) is 17.3 Å². The molecule has 0 aliphatic heterocycles. The maximum absolute atomic E-state index is 11.9. The van der Waals surface area contributed by atoms with Gasteiger partial charge in [-0.3, -0.25) is 0 Å². The van der Waals surface area contributed by atoms with E-state index in [1.807, 2.05) is 0 Å². The standard InChI is InChI=1S/C9H9ClF3NO/c1-5(14)7-4-6(2-3-8(7)10)15-9(11,12)13/h2-5H,14H2,1H3. The molecule has 0 amide bonds. The van der Waals surface area contributed by atoms with Crippen molar-refractivity contribution in [1.82, 2.24) is 0 Å². The van der Waals surface area contributed by atoms with Crippen LogP contribution in [0.15, 0.2) is 18.2 Å². The van der Waals surface area contributed by atoms with E-state index in [1.165, 1.54) is 12.1 Å². The average molecular weight is 240 g/mol. The normalized spacial score (nSPS) is 13.7. The molecule has 2 nitrogen and oxygen atoms in total. The second-order valence-electron chi connectivity index (χ2n) is 3.02. The number of rotatable bonds is 2. The largest absolute Gasteiger partial charge is 0.573 e. The quantitative estimate of drug-likeness (QED) is 0.860. The lowest BCUT2D eigenvalue weighted by molar-refractivity contribution is -0.274. The van der Waals surface area contributed by atoms with Gasteiger partial charge in [0, 0.05) is 11.1 Å². The molecule has 0 fully saturated rings. The summed E-state index contributed by atoms with van der Waals surface area (Å²) in [7, 11) is 0. The molecule has 0 aliphatic carbocycles. The van der Waals surface area contributed by atoms with E-state index in [0.29, 0.717) is 10.6 Å². The van der Waals surface area contributed by atoms with E-state index in [9.17, 15) is 13.2 Å². The van der Waals surface area contributed by atoms with Crippen LogP contribution in [0.4, 0.5) is 13.2 Å². The molecule has 0 saturated carbocycles. The van der Waals surface area contributed by atoms with Crippen LogP contribution in [0.5, 0.6) is 5.75 Å². The summed E-state index contributed by atoms with van der Waals surface area (Å²) in [4.78, 5) is 0. The number of nitrogens with two attached hydrogens (primary N) is 1. The van der Waals surface area contributed by atoms with E-state index in [-0.39, 0.29) is 5.75 Å². The highest BCUT2D eigenvalue weighted by Crippen LogP contribution is 2.29. The molecule has 84 valence electrons. The molecule has 1 atom stereocenters. The van der Waals surface area contributed by atoms with Crippen molar-refractivity contribution in [2.24, 2.45) is 5.73 Å². The topological polar surface area (TPSA) is 35.2 Å². The molecule has 0 spiro atoms. The van der Waals surface area contributed by atoms with E-state index < -0.39 is 12.4 Å². The second kappa shape index (κ2) is 4.28. The molecular formula is C9H9ClF3NO. The lowest BCUT2D eigenvalue weighted by Gasteiger charge is -2.12. The first-order chi connectivity index (χ1) is 6.79. The number of alkyl halides is 3. The number of ether oxygens (including phenoxy) is 1. The highest BCUT2D eigenvalue weighted by Gasteiger charge is 2.31. The number of hydrogen-bond donors (Lipinski definition) is 1. The van der Waals surface area contributed by atoms with Gasteiger partial charge in [0.25, 0.3) is 0 Å². The molecule has 1 unspecified atom stereocenters. The Bertz CT molecular complexity index is 352. The van der Waals surface area contributed by atoms with Gasteiger partial charge in [-0.25, -0.2) is 0 Å². The van der Waals surface area contributed by atoms with Crippen molar-refractivity contribution in [2.75, 3.05) is 0 Å². The van der Waals surface area contributed by atoms with Crippen LogP contribution in [0.2, 0.25) is 5.02 Å². The smallest absolute Gasteiger partial charge is 0.406 e. The van der Waals surface area contributed by atoms with Crippen LogP contribution in [0.25, 0.3) is 0 Å². The Labute approximate surface area is 89.8 Å². The van der Waals surface area contributed by atoms with E-state index >= 15 is 0 Å². The fraction of sp³-hybridized carbons (Fsp3) is 0.333. The summed E-state index contributed by atoms with van der Waals surface area (Å²) in [5, 5.41) is 0.319. The third kappa shape index (κ3) is 3.60. The van der Waals surface area contributed by atoms with E-state index in [0.717, 1.165) is 6.07 Å². The number of benzene rings is 1. The van der Waals surface area contributed by atoms with Gasteiger partial charge in [-0.15, -0.1) is 13.2 Å². The Morgan fingerprint density at radius 1 is 1.40 bits per heavy atom. The average Bonchev–Trinajstić information content (AvgIpc) is 2.05. The fourth-order valence-electron chi connectivity index (χ4n) is 1.07. The summed E-state index contributed by atoms with van der Waals surface area (Å²) in [6.07, 6.45) is -4.71. The lowest BCUT2D eigenvalue weighted by atomic mass is 10.1. The molecule has 0 aliphatic rings. The Morgan fingerprint density at radius 3 is 2.47 bits per heavy atom. The first-order valence-electron chi connectivity index (χ1n) is 4.10. The van der Waals surface area contributed by atoms with Crippen molar-refractivity contribution in [3.63, 3.8) is 0 Å². The summed E-state index contributed by atoms with van der Waals surface area (Å²) in [6.45, 7) is 1.62. The molecular weight excluding hydrogens is 231 g/mol. The Morgan fingerprint density at radius 2 is 2.00 bits per heavy atom. The molecule has 6 heteroatoms. The van der Waals surface area contributed by atoms with Crippen molar-refractivity contribution < 1.29 is 17.9 Å². The molecule has 0 heterocycles. The Kier molecular flexibility index (Phi) is 3.46. The zero-order valence-corrected chi connectivity index (χ0v) is 8.56. The molecule has 0 bridgehead atoms. The molecule has 0 aromatic heterocycles. The summed E-state index contributed by atoms with van der Waals surface area (Å²) in [5.41, 5.74) is 5.94. The van der Waals surface area contributed by atoms with Gasteiger partial charge in [-0.2, -0.15) is 0 Å². The molecule has 0 saturated heterocycles. The zero-order valence-electron chi connectivity index (χ0n) is 7.81. The van der Waals surface area contributed by atoms with Gasteiger partial charge in [-0.1, -0.05) is 11.6 Å². The van der Waals surface area contributed by atoms with Gasteiger partial charge in [0.15, 0.2) is 0 Å². The van der Waals surface area contributed by atoms with Crippen LogP contribution in [-0.4, -0.2) is 6.36 Å². The highest BCUT2D eigenvalue weighted by atomic mass is 35.5. The van der Waals surface area contributed by atoms with E-state index in [2.05, 4.69) is 4.74 Å². The summed E-state index contributed by atoms with van der Waals surface area (Å²) >= 11 is 5.75. The van der Waals surface area contributed by atoms with E-state index in [1.54, 1.807) is 6.92 Å². The van der Waals surface area contributed by atoms with Gasteiger partial charge in [-0.05, 0) is 30.7 Å². The summed E-state index contributed by atoms with van der Waals surface area (Å²) < 4.78 is 39.4. The zero-order chi connectivity index (χ0) is 11.6. The molecule has 1 aromatic carbocycles. The van der Waals surface area contributed by atoms with Gasteiger partial charge < -0.3 is 10.5 Å². The number of hydrogen-bond acceptors (Lipinski definition) is 2. The third-order valence-corrected chi connectivity index (χ3v) is 2.04. The number of halogens is 4. The van der Waals surface area contributed by atoms with Crippen LogP contribution in [0, 0.1) is 0 Å². The van der Waals surface area contributed by atoms with Crippen LogP contribution in [0.1, 0.15) is 18.5 Å². The predicted octanol–water partition coefficient (Wildman–Crippen LogP) is 3.26. The molecule has 1 rings (SSSR count). The van der Waals surface area contributed by atoms with Crippen molar-refractivity contribution in [3.05, 3.63) is 28.8 Å². The first kappa shape index (κ1) is 12.1. The Balaban J connectivity index is 2.98. The molecule has 2 N–H and O–H groups in total. The SMILES string of the molecule is CC(N)c1cc(OC(F)(F)F)ccc1Cl. The maximum atomic E-state index is 11.9. The van der Waals surface area contributed by atoms with Crippen molar-refractivity contribution >= 4 is 11.6 Å². The monoisotopic (exact) mass is 239 g/mol. The van der Waals surface area contributed by atoms with Gasteiger partial charge in [0.1, 0.15) is 5.75 Å². The van der Waals surface area contributed by atoms with Crippen LogP contribution in [0.3, 0.4) is 0 Å². The fourth-order valence-corrected chi connectivity index (χ4v) is 1.36. The van der Waals surface area contributed by atoms with Crippen LogP contribution in [-0.2, 0) is 0 Å². The van der Waals surface area contributed by atoms with Crippen LogP contribution >= 0.6 is 11.6 Å². The molecule has 1 aromatic rings. The van der Waals surface area contributed by atoms with Crippen molar-refractivity contribution in [1.29, 1.82) is 0 Å². The second-order valence-corrected chi connectivity index (χ2v) is 3.43. The predicted molar refractivity (Wildman–Crippen MR) is 50.7 cm³/mol. The summed E-state index contributed by atoms with van der Waals surface area (Å²) in [5.74, 6) is -0.320. The minimum atomic E-state index is -4.71. The van der Waals surface area contributed by atoms with Crippen molar-refractivity contribution in [3.8, 4) is 5.75 Å². The van der Waals surface area contributed by atoms with Crippen molar-refractivity contribution in [2.45, 2.75) is 19.3 Å². The van der Waals surface area contributed by atoms with Crippen LogP contribution < -0.4 is 10.5 Å². The first-order valence-corrected chi connectivity index (χ1v) is 4.48. The minimum absolute atomic E-state index is 0.319. The highest BCUT2D eigenvalue weighted by molar-refractivity contribution is 6.31.